The summed E-state index contributed by atoms with van der Waals surface area (Å²) in [7, 11) is 0. The first-order valence-electron chi connectivity index (χ1n) is 6.38. The predicted molar refractivity (Wildman–Crippen MR) is 69.2 cm³/mol. The molecule has 1 aliphatic heterocycles. The number of carboxylic acids is 1. The molecule has 0 unspecified atom stereocenters. The maximum atomic E-state index is 11.8. The number of nitrogens with two attached hydrogens (primary N) is 1. The van der Waals surface area contributed by atoms with Crippen molar-refractivity contribution in [3.63, 3.8) is 0 Å². The van der Waals surface area contributed by atoms with Crippen LogP contribution in [0.1, 0.15) is 12.8 Å². The Morgan fingerprint density at radius 3 is 2.35 bits per heavy atom. The van der Waals surface area contributed by atoms with Crippen LogP contribution in [0.4, 0.5) is 9.59 Å². The topological polar surface area (TPSA) is 134 Å². The zero-order chi connectivity index (χ0) is 15.0. The first-order chi connectivity index (χ1) is 9.49. The fourth-order valence-corrected chi connectivity index (χ4v) is 1.88. The summed E-state index contributed by atoms with van der Waals surface area (Å²) < 4.78 is 5.18. The molecule has 0 aromatic heterocycles. The Morgan fingerprint density at radius 2 is 1.80 bits per heavy atom. The molecule has 0 radical (unpaired) electrons. The van der Waals surface area contributed by atoms with Gasteiger partial charge >= 0.3 is 18.0 Å². The van der Waals surface area contributed by atoms with Gasteiger partial charge in [0.05, 0.1) is 6.10 Å². The van der Waals surface area contributed by atoms with Crippen LogP contribution < -0.4 is 16.4 Å². The van der Waals surface area contributed by atoms with Gasteiger partial charge in [-0.05, 0) is 12.8 Å². The largest absolute Gasteiger partial charge is 0.480 e. The lowest BCUT2D eigenvalue weighted by molar-refractivity contribution is -0.145. The molecule has 9 nitrogen and oxygen atoms in total. The van der Waals surface area contributed by atoms with Crippen LogP contribution in [0.25, 0.3) is 0 Å². The standard InChI is InChI=1S/C11H20N4O5/c12-10(18)13-3-4-14-11(19)15-5-1-8(2-6-15)20-7-9(16)17/h8H,1-7H2,(H,14,19)(H,16,17)(H3,12,13,18). The van der Waals surface area contributed by atoms with Crippen LogP contribution >= 0.6 is 0 Å². The van der Waals surface area contributed by atoms with Crippen molar-refractivity contribution in [1.29, 1.82) is 0 Å². The van der Waals surface area contributed by atoms with Gasteiger partial charge in [-0.15, -0.1) is 0 Å². The van der Waals surface area contributed by atoms with E-state index in [1.54, 1.807) is 4.90 Å². The van der Waals surface area contributed by atoms with Gasteiger partial charge in [0.1, 0.15) is 6.61 Å². The highest BCUT2D eigenvalue weighted by molar-refractivity contribution is 5.74. The van der Waals surface area contributed by atoms with Gasteiger partial charge in [0, 0.05) is 26.2 Å². The van der Waals surface area contributed by atoms with E-state index < -0.39 is 12.0 Å². The fourth-order valence-electron chi connectivity index (χ4n) is 1.88. The summed E-state index contributed by atoms with van der Waals surface area (Å²) in [5.74, 6) is -0.993. The van der Waals surface area contributed by atoms with Crippen molar-refractivity contribution < 1.29 is 24.2 Å². The highest BCUT2D eigenvalue weighted by atomic mass is 16.5. The SMILES string of the molecule is NC(=O)NCCNC(=O)N1CCC(OCC(=O)O)CC1. The third kappa shape index (κ3) is 6.23. The summed E-state index contributed by atoms with van der Waals surface area (Å²) in [6.07, 6.45) is 1.10. The summed E-state index contributed by atoms with van der Waals surface area (Å²) in [4.78, 5) is 34.2. The van der Waals surface area contributed by atoms with Crippen molar-refractivity contribution in [2.75, 3.05) is 32.8 Å². The fraction of sp³-hybridized carbons (Fsp3) is 0.727. The molecule has 1 heterocycles. The Hall–Kier alpha value is -2.03. The third-order valence-electron chi connectivity index (χ3n) is 2.87. The Bertz CT molecular complexity index is 355. The number of nitrogens with zero attached hydrogens (tertiary/aromatic N) is 1. The van der Waals surface area contributed by atoms with Gasteiger partial charge in [0.25, 0.3) is 0 Å². The minimum Gasteiger partial charge on any atom is -0.480 e. The minimum atomic E-state index is -0.993. The molecule has 0 spiro atoms. The second kappa shape index (κ2) is 8.20. The number of ether oxygens (including phenoxy) is 1. The monoisotopic (exact) mass is 288 g/mol. The zero-order valence-corrected chi connectivity index (χ0v) is 11.1. The van der Waals surface area contributed by atoms with E-state index in [-0.39, 0.29) is 25.3 Å². The molecule has 0 atom stereocenters. The normalized spacial score (nSPS) is 15.7. The average Bonchev–Trinajstić information content (AvgIpc) is 2.41. The van der Waals surface area contributed by atoms with Gasteiger partial charge in [-0.3, -0.25) is 0 Å². The molecule has 1 fully saturated rings. The first kappa shape index (κ1) is 16.0. The highest BCUT2D eigenvalue weighted by Crippen LogP contribution is 2.13. The van der Waals surface area contributed by atoms with Crippen LogP contribution in [0.15, 0.2) is 0 Å². The Kier molecular flexibility index (Phi) is 6.57. The Labute approximate surface area is 116 Å². The van der Waals surface area contributed by atoms with Crippen molar-refractivity contribution >= 4 is 18.0 Å². The van der Waals surface area contributed by atoms with E-state index >= 15 is 0 Å². The first-order valence-corrected chi connectivity index (χ1v) is 6.38. The lowest BCUT2D eigenvalue weighted by Crippen LogP contribution is -2.47. The van der Waals surface area contributed by atoms with Crippen molar-refractivity contribution in [1.82, 2.24) is 15.5 Å². The number of carboxylic acid groups (broad SMARTS) is 1. The summed E-state index contributed by atoms with van der Waals surface area (Å²) in [5, 5.41) is 13.5. The zero-order valence-electron chi connectivity index (χ0n) is 11.1. The molecule has 1 aliphatic rings. The van der Waals surface area contributed by atoms with Crippen molar-refractivity contribution in [3.8, 4) is 0 Å². The van der Waals surface area contributed by atoms with E-state index in [0.29, 0.717) is 32.5 Å². The van der Waals surface area contributed by atoms with E-state index in [9.17, 15) is 14.4 Å². The molecular formula is C11H20N4O5. The van der Waals surface area contributed by atoms with Crippen LogP contribution in [-0.4, -0.2) is 66.9 Å². The van der Waals surface area contributed by atoms with Crippen molar-refractivity contribution in [2.45, 2.75) is 18.9 Å². The van der Waals surface area contributed by atoms with Crippen molar-refractivity contribution in [3.05, 3.63) is 0 Å². The molecule has 9 heteroatoms. The smallest absolute Gasteiger partial charge is 0.329 e. The van der Waals surface area contributed by atoms with Crippen LogP contribution in [0.3, 0.4) is 0 Å². The number of aliphatic carboxylic acids is 1. The van der Waals surface area contributed by atoms with E-state index in [0.717, 1.165) is 0 Å². The van der Waals surface area contributed by atoms with Crippen LogP contribution in [0.5, 0.6) is 0 Å². The van der Waals surface area contributed by atoms with Gasteiger partial charge in [-0.1, -0.05) is 0 Å². The van der Waals surface area contributed by atoms with E-state index in [4.69, 9.17) is 15.6 Å². The molecule has 0 bridgehead atoms. The molecule has 1 saturated heterocycles. The van der Waals surface area contributed by atoms with Crippen molar-refractivity contribution in [2.24, 2.45) is 5.73 Å². The third-order valence-corrected chi connectivity index (χ3v) is 2.87. The molecule has 0 aliphatic carbocycles. The summed E-state index contributed by atoms with van der Waals surface area (Å²) in [6.45, 7) is 1.30. The number of rotatable bonds is 6. The van der Waals surface area contributed by atoms with E-state index in [1.165, 1.54) is 0 Å². The highest BCUT2D eigenvalue weighted by Gasteiger charge is 2.23. The molecule has 114 valence electrons. The molecule has 0 saturated carbocycles. The second-order valence-electron chi connectivity index (χ2n) is 4.41. The summed E-state index contributed by atoms with van der Waals surface area (Å²) in [5.41, 5.74) is 4.89. The number of primary amides is 1. The number of nitrogens with one attached hydrogen (secondary N) is 2. The predicted octanol–water partition coefficient (Wildman–Crippen LogP) is -1.07. The molecule has 20 heavy (non-hydrogen) atoms. The number of amides is 4. The molecule has 5 N–H and O–H groups in total. The second-order valence-corrected chi connectivity index (χ2v) is 4.41. The lowest BCUT2D eigenvalue weighted by atomic mass is 10.1. The van der Waals surface area contributed by atoms with Gasteiger partial charge in [0.15, 0.2) is 0 Å². The Morgan fingerprint density at radius 1 is 1.20 bits per heavy atom. The Balaban J connectivity index is 2.15. The number of likely N-dealkylation sites (tertiary alicyclic amines) is 1. The molecule has 1 rings (SSSR count). The van der Waals surface area contributed by atoms with Gasteiger partial charge in [-0.25, -0.2) is 14.4 Å². The quantitative estimate of drug-likeness (QED) is 0.462. The minimum absolute atomic E-state index is 0.119. The number of hydrogen-bond acceptors (Lipinski definition) is 4. The molecule has 4 amide bonds. The number of hydrogen-bond donors (Lipinski definition) is 4. The van der Waals surface area contributed by atoms with E-state index in [1.807, 2.05) is 0 Å². The van der Waals surface area contributed by atoms with Crippen LogP contribution in [0, 0.1) is 0 Å². The van der Waals surface area contributed by atoms with E-state index in [2.05, 4.69) is 10.6 Å². The number of carbonyl (C=O) groups excluding carboxylic acids is 2. The van der Waals surface area contributed by atoms with Crippen LogP contribution in [0.2, 0.25) is 0 Å². The summed E-state index contributed by atoms with van der Waals surface area (Å²) in [6, 6.07) is -0.844. The van der Waals surface area contributed by atoms with Gasteiger partial charge in [0.2, 0.25) is 0 Å². The maximum absolute atomic E-state index is 11.8. The number of urea groups is 2. The summed E-state index contributed by atoms with van der Waals surface area (Å²) >= 11 is 0. The molecular weight excluding hydrogens is 268 g/mol. The van der Waals surface area contributed by atoms with Crippen LogP contribution in [-0.2, 0) is 9.53 Å². The number of piperidine rings is 1. The number of carbonyl (C=O) groups is 3. The lowest BCUT2D eigenvalue weighted by Gasteiger charge is -2.31. The van der Waals surface area contributed by atoms with Gasteiger partial charge < -0.3 is 31.1 Å². The van der Waals surface area contributed by atoms with Gasteiger partial charge in [-0.2, -0.15) is 0 Å². The maximum Gasteiger partial charge on any atom is 0.329 e. The molecule has 0 aromatic rings. The molecule has 0 aromatic carbocycles. The average molecular weight is 288 g/mol.